The van der Waals surface area contributed by atoms with E-state index < -0.39 is 17.5 Å². The molecule has 1 atom stereocenters. The van der Waals surface area contributed by atoms with Crippen LogP contribution in [0.1, 0.15) is 49.2 Å². The Balaban J connectivity index is 1.50. The van der Waals surface area contributed by atoms with Crippen LogP contribution in [0.2, 0.25) is 0 Å². The van der Waals surface area contributed by atoms with Crippen LogP contribution in [0.3, 0.4) is 0 Å². The second kappa shape index (κ2) is 8.32. The van der Waals surface area contributed by atoms with Gasteiger partial charge in [0.05, 0.1) is 6.54 Å². The number of hydrogen-bond donors (Lipinski definition) is 1. The summed E-state index contributed by atoms with van der Waals surface area (Å²) >= 11 is 0. The highest BCUT2D eigenvalue weighted by molar-refractivity contribution is 6.11. The van der Waals surface area contributed by atoms with Gasteiger partial charge in [0, 0.05) is 5.56 Å². The smallest absolute Gasteiger partial charge is 0.319 e. The Bertz CT molecular complexity index is 1190. The Labute approximate surface area is 194 Å². The second-order valence-corrected chi connectivity index (χ2v) is 9.64. The maximum Gasteiger partial charge on any atom is 0.325 e. The van der Waals surface area contributed by atoms with Gasteiger partial charge < -0.3 is 5.32 Å². The van der Waals surface area contributed by atoms with Crippen LogP contribution in [-0.4, -0.2) is 29.2 Å². The zero-order valence-corrected chi connectivity index (χ0v) is 19.4. The summed E-state index contributed by atoms with van der Waals surface area (Å²) in [5.41, 5.74) is 3.11. The van der Waals surface area contributed by atoms with Crippen molar-refractivity contribution in [3.8, 4) is 11.1 Å². The van der Waals surface area contributed by atoms with Crippen LogP contribution < -0.4 is 5.32 Å². The normalized spacial score (nSPS) is 18.4. The van der Waals surface area contributed by atoms with Crippen molar-refractivity contribution in [2.45, 2.75) is 38.6 Å². The predicted octanol–water partition coefficient (Wildman–Crippen LogP) is 5.30. The van der Waals surface area contributed by atoms with Gasteiger partial charge in [0.15, 0.2) is 5.78 Å². The molecule has 1 N–H and O–H groups in total. The molecule has 0 aromatic heterocycles. The maximum absolute atomic E-state index is 13.2. The van der Waals surface area contributed by atoms with Gasteiger partial charge in [-0.15, -0.1) is 0 Å². The molecule has 1 unspecified atom stereocenters. The molecule has 33 heavy (non-hydrogen) atoms. The quantitative estimate of drug-likeness (QED) is 0.432. The molecule has 1 fully saturated rings. The van der Waals surface area contributed by atoms with Crippen molar-refractivity contribution >= 4 is 17.7 Å². The molecule has 3 amide bonds. The van der Waals surface area contributed by atoms with Crippen molar-refractivity contribution in [3.63, 3.8) is 0 Å². The molecule has 5 heteroatoms. The van der Waals surface area contributed by atoms with Crippen LogP contribution in [-0.2, 0) is 15.7 Å². The van der Waals surface area contributed by atoms with Crippen LogP contribution in [0.15, 0.2) is 78.9 Å². The van der Waals surface area contributed by atoms with Crippen LogP contribution in [0.5, 0.6) is 0 Å². The van der Waals surface area contributed by atoms with E-state index in [4.69, 9.17) is 0 Å². The van der Waals surface area contributed by atoms with Gasteiger partial charge in [-0.05, 0) is 34.6 Å². The van der Waals surface area contributed by atoms with Crippen molar-refractivity contribution in [3.05, 3.63) is 95.6 Å². The zero-order valence-electron chi connectivity index (χ0n) is 19.4. The summed E-state index contributed by atoms with van der Waals surface area (Å²) in [7, 11) is 0. The van der Waals surface area contributed by atoms with Crippen molar-refractivity contribution in [2.75, 3.05) is 6.54 Å². The molecule has 0 aliphatic carbocycles. The first kappa shape index (κ1) is 22.5. The van der Waals surface area contributed by atoms with E-state index in [9.17, 15) is 14.4 Å². The van der Waals surface area contributed by atoms with Crippen LogP contribution in [0, 0.1) is 0 Å². The Morgan fingerprint density at radius 2 is 1.42 bits per heavy atom. The minimum absolute atomic E-state index is 0.0170. The highest BCUT2D eigenvalue weighted by Crippen LogP contribution is 2.31. The van der Waals surface area contributed by atoms with Crippen LogP contribution in [0.4, 0.5) is 4.79 Å². The average Bonchev–Trinajstić information content (AvgIpc) is 3.03. The van der Waals surface area contributed by atoms with E-state index in [0.29, 0.717) is 11.1 Å². The molecule has 5 nitrogen and oxygen atoms in total. The summed E-state index contributed by atoms with van der Waals surface area (Å²) in [6.45, 7) is 7.73. The van der Waals surface area contributed by atoms with Gasteiger partial charge in [0.25, 0.3) is 5.91 Å². The molecule has 1 heterocycles. The number of benzene rings is 3. The molecule has 0 saturated carbocycles. The van der Waals surface area contributed by atoms with Gasteiger partial charge in [-0.3, -0.25) is 14.5 Å². The number of carbonyl (C=O) groups is 3. The van der Waals surface area contributed by atoms with Gasteiger partial charge in [-0.2, -0.15) is 0 Å². The molecular formula is C28H28N2O3. The summed E-state index contributed by atoms with van der Waals surface area (Å²) in [6.07, 6.45) is 0. The van der Waals surface area contributed by atoms with E-state index in [1.807, 2.05) is 66.7 Å². The fourth-order valence-electron chi connectivity index (χ4n) is 4.05. The number of imide groups is 1. The fraction of sp³-hybridized carbons (Fsp3) is 0.250. The van der Waals surface area contributed by atoms with Gasteiger partial charge in [0.2, 0.25) is 0 Å². The minimum atomic E-state index is -1.20. The summed E-state index contributed by atoms with van der Waals surface area (Å²) in [5, 5.41) is 2.78. The lowest BCUT2D eigenvalue weighted by Gasteiger charge is -2.24. The third-order valence-corrected chi connectivity index (χ3v) is 6.22. The van der Waals surface area contributed by atoms with Crippen molar-refractivity contribution < 1.29 is 14.4 Å². The van der Waals surface area contributed by atoms with E-state index in [1.165, 1.54) is 0 Å². The number of urea groups is 1. The van der Waals surface area contributed by atoms with Gasteiger partial charge in [0.1, 0.15) is 5.54 Å². The molecule has 1 aliphatic rings. The SMILES string of the molecule is CC(C)(C)c1ccc(C2(C)NC(=O)N(CC(=O)c3ccc(-c4ccccc4)cc3)C2=O)cc1. The first-order valence-electron chi connectivity index (χ1n) is 11.0. The standard InChI is InChI=1S/C28H28N2O3/c1-27(2,3)22-14-16-23(17-15-22)28(4)25(32)30(26(33)29-28)18-24(31)21-12-10-20(11-13-21)19-8-6-5-7-9-19/h5-17H,18H2,1-4H3,(H,29,33). The molecule has 3 aromatic carbocycles. The fourth-order valence-corrected chi connectivity index (χ4v) is 4.05. The molecule has 0 bridgehead atoms. The maximum atomic E-state index is 13.2. The highest BCUT2D eigenvalue weighted by Gasteiger charge is 2.49. The molecule has 1 aliphatic heterocycles. The lowest BCUT2D eigenvalue weighted by molar-refractivity contribution is -0.130. The zero-order chi connectivity index (χ0) is 23.8. The third-order valence-electron chi connectivity index (χ3n) is 6.22. The Morgan fingerprint density at radius 3 is 2.00 bits per heavy atom. The number of nitrogens with one attached hydrogen (secondary N) is 1. The van der Waals surface area contributed by atoms with Gasteiger partial charge in [-0.25, -0.2) is 4.79 Å². The van der Waals surface area contributed by atoms with Crippen LogP contribution in [0.25, 0.3) is 11.1 Å². The predicted molar refractivity (Wildman–Crippen MR) is 129 cm³/mol. The summed E-state index contributed by atoms with van der Waals surface area (Å²) in [6, 6.07) is 24.2. The Morgan fingerprint density at radius 1 is 0.848 bits per heavy atom. The number of Topliss-reactive ketones (excluding diaryl/α,β-unsaturated/α-hetero) is 1. The number of rotatable bonds is 5. The van der Waals surface area contributed by atoms with Crippen molar-refractivity contribution in [1.29, 1.82) is 0 Å². The van der Waals surface area contributed by atoms with E-state index in [1.54, 1.807) is 19.1 Å². The van der Waals surface area contributed by atoms with Crippen molar-refractivity contribution in [1.82, 2.24) is 10.2 Å². The van der Waals surface area contributed by atoms with Gasteiger partial charge >= 0.3 is 6.03 Å². The molecule has 1 saturated heterocycles. The lowest BCUT2D eigenvalue weighted by Crippen LogP contribution is -2.41. The minimum Gasteiger partial charge on any atom is -0.319 e. The lowest BCUT2D eigenvalue weighted by atomic mass is 9.84. The largest absolute Gasteiger partial charge is 0.325 e. The summed E-state index contributed by atoms with van der Waals surface area (Å²) in [5.74, 6) is -0.712. The molecular weight excluding hydrogens is 412 g/mol. The molecule has 0 radical (unpaired) electrons. The summed E-state index contributed by atoms with van der Waals surface area (Å²) in [4.78, 5) is 39.7. The van der Waals surface area contributed by atoms with Gasteiger partial charge in [-0.1, -0.05) is 99.6 Å². The van der Waals surface area contributed by atoms with E-state index in [2.05, 4.69) is 26.1 Å². The van der Waals surface area contributed by atoms with E-state index >= 15 is 0 Å². The molecule has 4 rings (SSSR count). The first-order valence-corrected chi connectivity index (χ1v) is 11.0. The average molecular weight is 441 g/mol. The summed E-state index contributed by atoms with van der Waals surface area (Å²) < 4.78 is 0. The highest BCUT2D eigenvalue weighted by atomic mass is 16.2. The van der Waals surface area contributed by atoms with Crippen LogP contribution >= 0.6 is 0 Å². The van der Waals surface area contributed by atoms with E-state index in [-0.39, 0.29) is 17.7 Å². The molecule has 0 spiro atoms. The number of hydrogen-bond acceptors (Lipinski definition) is 3. The Hall–Kier alpha value is -3.73. The second-order valence-electron chi connectivity index (χ2n) is 9.64. The number of nitrogens with zero attached hydrogens (tertiary/aromatic N) is 1. The molecule has 168 valence electrons. The third kappa shape index (κ3) is 4.31. The monoisotopic (exact) mass is 440 g/mol. The van der Waals surface area contributed by atoms with E-state index in [0.717, 1.165) is 21.6 Å². The van der Waals surface area contributed by atoms with Crippen molar-refractivity contribution in [2.24, 2.45) is 0 Å². The first-order chi connectivity index (χ1) is 15.6. The number of ketones is 1. The number of amides is 3. The number of carbonyl (C=O) groups excluding carboxylic acids is 3. The molecule has 3 aromatic rings. The Kier molecular flexibility index (Phi) is 5.66. The topological polar surface area (TPSA) is 66.5 Å².